The first-order valence-corrected chi connectivity index (χ1v) is 6.95. The van der Waals surface area contributed by atoms with Crippen molar-refractivity contribution in [1.82, 2.24) is 0 Å². The van der Waals surface area contributed by atoms with E-state index in [4.69, 9.17) is 0 Å². The summed E-state index contributed by atoms with van der Waals surface area (Å²) in [5.74, 6) is 0.588. The van der Waals surface area contributed by atoms with Crippen molar-refractivity contribution in [1.29, 1.82) is 0 Å². The maximum Gasteiger partial charge on any atom is 0.258 e. The molecule has 0 saturated heterocycles. The molecule has 3 nitrogen and oxygen atoms in total. The summed E-state index contributed by atoms with van der Waals surface area (Å²) < 4.78 is 0. The maximum atomic E-state index is 12.5. The minimum Gasteiger partial charge on any atom is -0.308 e. The SMILES string of the molecule is CC(C)CCN1C(=O)c2cccc3cc(C=O)cc1c23. The highest BCUT2D eigenvalue weighted by Gasteiger charge is 2.29. The highest BCUT2D eigenvalue weighted by Crippen LogP contribution is 2.38. The molecule has 1 heterocycles. The average molecular weight is 267 g/mol. The van der Waals surface area contributed by atoms with Gasteiger partial charge in [-0.3, -0.25) is 9.59 Å². The summed E-state index contributed by atoms with van der Waals surface area (Å²) in [4.78, 5) is 25.4. The summed E-state index contributed by atoms with van der Waals surface area (Å²) in [6.07, 6.45) is 1.79. The van der Waals surface area contributed by atoms with Gasteiger partial charge in [0.2, 0.25) is 0 Å². The van der Waals surface area contributed by atoms with Crippen molar-refractivity contribution in [2.75, 3.05) is 11.4 Å². The Labute approximate surface area is 118 Å². The normalized spacial score (nSPS) is 13.6. The summed E-state index contributed by atoms with van der Waals surface area (Å²) >= 11 is 0. The highest BCUT2D eigenvalue weighted by molar-refractivity contribution is 6.25. The zero-order chi connectivity index (χ0) is 14.3. The van der Waals surface area contributed by atoms with Gasteiger partial charge in [-0.2, -0.15) is 0 Å². The Morgan fingerprint density at radius 2 is 2.05 bits per heavy atom. The van der Waals surface area contributed by atoms with Gasteiger partial charge in [0.05, 0.1) is 5.69 Å². The van der Waals surface area contributed by atoms with Crippen molar-refractivity contribution in [3.8, 4) is 0 Å². The molecular weight excluding hydrogens is 250 g/mol. The highest BCUT2D eigenvalue weighted by atomic mass is 16.2. The molecule has 0 atom stereocenters. The number of aldehydes is 1. The quantitative estimate of drug-likeness (QED) is 0.793. The molecule has 0 N–H and O–H groups in total. The van der Waals surface area contributed by atoms with Crippen molar-refractivity contribution in [2.24, 2.45) is 5.92 Å². The molecule has 0 aliphatic carbocycles. The molecule has 0 aromatic heterocycles. The molecule has 102 valence electrons. The topological polar surface area (TPSA) is 37.4 Å². The molecule has 0 fully saturated rings. The molecule has 2 aromatic rings. The Balaban J connectivity index is 2.15. The van der Waals surface area contributed by atoms with E-state index in [-0.39, 0.29) is 5.91 Å². The first-order chi connectivity index (χ1) is 9.61. The van der Waals surface area contributed by atoms with Gasteiger partial charge in [0, 0.05) is 23.1 Å². The first-order valence-electron chi connectivity index (χ1n) is 6.95. The van der Waals surface area contributed by atoms with Crippen LogP contribution in [0.15, 0.2) is 30.3 Å². The minimum absolute atomic E-state index is 0.0503. The summed E-state index contributed by atoms with van der Waals surface area (Å²) in [5.41, 5.74) is 2.25. The van der Waals surface area contributed by atoms with Crippen LogP contribution in [0, 0.1) is 5.92 Å². The molecular formula is C17H17NO2. The van der Waals surface area contributed by atoms with Crippen LogP contribution in [0.2, 0.25) is 0 Å². The van der Waals surface area contributed by atoms with E-state index in [1.54, 1.807) is 0 Å². The molecule has 0 bridgehead atoms. The van der Waals surface area contributed by atoms with Crippen molar-refractivity contribution in [3.05, 3.63) is 41.5 Å². The van der Waals surface area contributed by atoms with Crippen LogP contribution < -0.4 is 4.90 Å². The second-order valence-corrected chi connectivity index (χ2v) is 5.70. The van der Waals surface area contributed by atoms with Crippen LogP contribution in [-0.4, -0.2) is 18.7 Å². The summed E-state index contributed by atoms with van der Waals surface area (Å²) in [7, 11) is 0. The molecule has 1 aliphatic heterocycles. The number of amides is 1. The summed E-state index contributed by atoms with van der Waals surface area (Å²) in [6, 6.07) is 9.36. The number of rotatable bonds is 4. The van der Waals surface area contributed by atoms with E-state index in [0.717, 1.165) is 34.7 Å². The molecule has 0 saturated carbocycles. The number of benzene rings is 2. The molecule has 0 spiro atoms. The lowest BCUT2D eigenvalue weighted by Crippen LogP contribution is -2.28. The van der Waals surface area contributed by atoms with Gasteiger partial charge in [0.15, 0.2) is 0 Å². The second kappa shape index (κ2) is 4.75. The lowest BCUT2D eigenvalue weighted by Gasteiger charge is -2.19. The number of anilines is 1. The molecule has 3 heteroatoms. The van der Waals surface area contributed by atoms with E-state index in [1.165, 1.54) is 0 Å². The largest absolute Gasteiger partial charge is 0.308 e. The predicted molar refractivity (Wildman–Crippen MR) is 80.5 cm³/mol. The number of hydrogen-bond acceptors (Lipinski definition) is 2. The molecule has 0 unspecified atom stereocenters. The molecule has 1 aliphatic rings. The molecule has 20 heavy (non-hydrogen) atoms. The molecule has 3 rings (SSSR count). The van der Waals surface area contributed by atoms with Crippen LogP contribution >= 0.6 is 0 Å². The third kappa shape index (κ3) is 1.90. The van der Waals surface area contributed by atoms with Crippen LogP contribution in [-0.2, 0) is 0 Å². The minimum atomic E-state index is 0.0503. The van der Waals surface area contributed by atoms with Gasteiger partial charge in [-0.1, -0.05) is 26.0 Å². The second-order valence-electron chi connectivity index (χ2n) is 5.70. The van der Waals surface area contributed by atoms with E-state index in [2.05, 4.69) is 13.8 Å². The Kier molecular flexibility index (Phi) is 3.05. The fraction of sp³-hybridized carbons (Fsp3) is 0.294. The first kappa shape index (κ1) is 12.9. The van der Waals surface area contributed by atoms with Crippen LogP contribution in [0.5, 0.6) is 0 Å². The number of nitrogens with zero attached hydrogens (tertiary/aromatic N) is 1. The van der Waals surface area contributed by atoms with Gasteiger partial charge in [0.25, 0.3) is 5.91 Å². The third-order valence-electron chi connectivity index (χ3n) is 3.81. The van der Waals surface area contributed by atoms with Crippen molar-refractivity contribution < 1.29 is 9.59 Å². The van der Waals surface area contributed by atoms with Gasteiger partial charge in [-0.05, 0) is 35.9 Å². The Bertz CT molecular complexity index is 703. The summed E-state index contributed by atoms with van der Waals surface area (Å²) in [5, 5.41) is 1.94. The zero-order valence-corrected chi connectivity index (χ0v) is 11.7. The van der Waals surface area contributed by atoms with Crippen molar-refractivity contribution >= 4 is 28.7 Å². The van der Waals surface area contributed by atoms with E-state index in [0.29, 0.717) is 18.0 Å². The average Bonchev–Trinajstić information content (AvgIpc) is 2.71. The Morgan fingerprint density at radius 1 is 1.25 bits per heavy atom. The van der Waals surface area contributed by atoms with Gasteiger partial charge in [-0.25, -0.2) is 0 Å². The van der Waals surface area contributed by atoms with Gasteiger partial charge in [0.1, 0.15) is 6.29 Å². The van der Waals surface area contributed by atoms with E-state index < -0.39 is 0 Å². The smallest absolute Gasteiger partial charge is 0.258 e. The van der Waals surface area contributed by atoms with Crippen LogP contribution in [0.4, 0.5) is 5.69 Å². The van der Waals surface area contributed by atoms with Crippen molar-refractivity contribution in [2.45, 2.75) is 20.3 Å². The Hall–Kier alpha value is -2.16. The van der Waals surface area contributed by atoms with Crippen molar-refractivity contribution in [3.63, 3.8) is 0 Å². The van der Waals surface area contributed by atoms with Crippen LogP contribution in [0.1, 0.15) is 41.0 Å². The van der Waals surface area contributed by atoms with E-state index in [9.17, 15) is 9.59 Å². The standard InChI is InChI=1S/C17H17NO2/c1-11(2)6-7-18-15-9-12(10-19)8-13-4-3-5-14(16(13)15)17(18)20/h3-5,8-11H,6-7H2,1-2H3. The van der Waals surface area contributed by atoms with Gasteiger partial charge >= 0.3 is 0 Å². The maximum absolute atomic E-state index is 12.5. The lowest BCUT2D eigenvalue weighted by molar-refractivity contribution is 0.0991. The molecule has 2 aromatic carbocycles. The summed E-state index contributed by atoms with van der Waals surface area (Å²) in [6.45, 7) is 4.98. The number of carbonyl (C=O) groups is 2. The fourth-order valence-corrected chi connectivity index (χ4v) is 2.75. The number of hydrogen-bond donors (Lipinski definition) is 0. The van der Waals surface area contributed by atoms with E-state index >= 15 is 0 Å². The van der Waals surface area contributed by atoms with Crippen LogP contribution in [0.25, 0.3) is 10.8 Å². The fourth-order valence-electron chi connectivity index (χ4n) is 2.75. The monoisotopic (exact) mass is 267 g/mol. The lowest BCUT2D eigenvalue weighted by atomic mass is 10.0. The van der Waals surface area contributed by atoms with Gasteiger partial charge in [-0.15, -0.1) is 0 Å². The predicted octanol–water partition coefficient (Wildman–Crippen LogP) is 3.66. The molecule has 1 amide bonds. The van der Waals surface area contributed by atoms with E-state index in [1.807, 2.05) is 35.2 Å². The van der Waals surface area contributed by atoms with Gasteiger partial charge < -0.3 is 4.90 Å². The number of carbonyl (C=O) groups excluding carboxylic acids is 2. The third-order valence-corrected chi connectivity index (χ3v) is 3.81. The Morgan fingerprint density at radius 3 is 2.75 bits per heavy atom. The molecule has 0 radical (unpaired) electrons. The zero-order valence-electron chi connectivity index (χ0n) is 11.7. The van der Waals surface area contributed by atoms with Crippen LogP contribution in [0.3, 0.4) is 0 Å².